The molecule has 0 aliphatic rings. The molecule has 33 heavy (non-hydrogen) atoms. The van der Waals surface area contributed by atoms with E-state index >= 15 is 0 Å². The van der Waals surface area contributed by atoms with Gasteiger partial charge in [-0.15, -0.1) is 0 Å². The summed E-state index contributed by atoms with van der Waals surface area (Å²) in [5.74, 6) is 0.510. The van der Waals surface area contributed by atoms with Crippen molar-refractivity contribution < 1.29 is 34.4 Å². The Morgan fingerprint density at radius 3 is 2.15 bits per heavy atom. The maximum Gasteiger partial charge on any atom is 0.303 e. The predicted octanol–water partition coefficient (Wildman–Crippen LogP) is 4.87. The van der Waals surface area contributed by atoms with Crippen LogP contribution in [-0.4, -0.2) is 46.9 Å². The third kappa shape index (κ3) is 10.4. The van der Waals surface area contributed by atoms with Gasteiger partial charge in [0.2, 0.25) is 0 Å². The molecule has 2 aromatic carbocycles. The number of carboxylic acids is 1. The van der Waals surface area contributed by atoms with Crippen molar-refractivity contribution in [3.63, 3.8) is 0 Å². The molecule has 2 rings (SSSR count). The minimum absolute atomic E-state index is 0.0174. The summed E-state index contributed by atoms with van der Waals surface area (Å²) in [5.41, 5.74) is 0.568. The van der Waals surface area contributed by atoms with Gasteiger partial charge in [-0.1, -0.05) is 45.4 Å². The van der Waals surface area contributed by atoms with Crippen molar-refractivity contribution in [3.8, 4) is 17.2 Å². The zero-order chi connectivity index (χ0) is 24.9. The number of phenolic OH excluding ortho intramolecular Hbond substituents is 1. The van der Waals surface area contributed by atoms with Crippen molar-refractivity contribution in [2.45, 2.75) is 53.4 Å². The standard InChI is InChI=1S/C20H24O4.C6H12O3/c1-3-8-18-19(12-11-17(15(2)21)20(18)22)24-14-7-13-23-16-9-5-4-6-10-16;1-6(2,4-7)3-5(8)9/h4-6,9-12,22H,3,7-8,13-14H2,1-2H3;7H,3-4H2,1-2H3,(H,8,9). The van der Waals surface area contributed by atoms with Crippen LogP contribution in [0.2, 0.25) is 0 Å². The first-order valence-electron chi connectivity index (χ1n) is 11.1. The first-order valence-corrected chi connectivity index (χ1v) is 11.1. The minimum Gasteiger partial charge on any atom is -0.507 e. The van der Waals surface area contributed by atoms with Gasteiger partial charge in [-0.05, 0) is 43.0 Å². The molecule has 0 unspecified atom stereocenters. The van der Waals surface area contributed by atoms with Crippen molar-refractivity contribution >= 4 is 11.8 Å². The van der Waals surface area contributed by atoms with Gasteiger partial charge in [0, 0.05) is 18.6 Å². The van der Waals surface area contributed by atoms with Gasteiger partial charge in [-0.3, -0.25) is 9.59 Å². The minimum atomic E-state index is -0.867. The summed E-state index contributed by atoms with van der Waals surface area (Å²) in [4.78, 5) is 21.6. The number of carbonyl (C=O) groups excluding carboxylic acids is 1. The quantitative estimate of drug-likeness (QED) is 0.306. The fourth-order valence-corrected chi connectivity index (χ4v) is 2.94. The summed E-state index contributed by atoms with van der Waals surface area (Å²) in [6.45, 7) is 7.86. The maximum atomic E-state index is 11.6. The molecule has 0 saturated carbocycles. The number of carbonyl (C=O) groups is 2. The molecule has 0 bridgehead atoms. The van der Waals surface area contributed by atoms with Crippen molar-refractivity contribution in [2.75, 3.05) is 19.8 Å². The Morgan fingerprint density at radius 2 is 1.64 bits per heavy atom. The summed E-state index contributed by atoms with van der Waals surface area (Å²) in [6, 6.07) is 13.0. The number of ketones is 1. The van der Waals surface area contributed by atoms with Crippen LogP contribution < -0.4 is 9.47 Å². The van der Waals surface area contributed by atoms with Gasteiger partial charge < -0.3 is 24.8 Å². The lowest BCUT2D eigenvalue weighted by molar-refractivity contribution is -0.139. The van der Waals surface area contributed by atoms with Crippen LogP contribution in [0.25, 0.3) is 0 Å². The van der Waals surface area contributed by atoms with Crippen molar-refractivity contribution in [1.29, 1.82) is 0 Å². The highest BCUT2D eigenvalue weighted by atomic mass is 16.5. The molecule has 182 valence electrons. The molecule has 0 fully saturated rings. The number of hydrogen-bond acceptors (Lipinski definition) is 6. The molecule has 0 atom stereocenters. The second-order valence-corrected chi connectivity index (χ2v) is 8.50. The number of rotatable bonds is 12. The van der Waals surface area contributed by atoms with Crippen molar-refractivity contribution in [3.05, 3.63) is 53.6 Å². The van der Waals surface area contributed by atoms with Gasteiger partial charge in [0.25, 0.3) is 0 Å². The third-order valence-electron chi connectivity index (χ3n) is 4.74. The highest BCUT2D eigenvalue weighted by Crippen LogP contribution is 2.33. The van der Waals surface area contributed by atoms with Crippen molar-refractivity contribution in [2.24, 2.45) is 5.41 Å². The number of aliphatic carboxylic acids is 1. The average Bonchev–Trinajstić information content (AvgIpc) is 2.76. The Bertz CT molecular complexity index is 876. The smallest absolute Gasteiger partial charge is 0.303 e. The lowest BCUT2D eigenvalue weighted by Crippen LogP contribution is -2.20. The van der Waals surface area contributed by atoms with Crippen LogP contribution in [0.15, 0.2) is 42.5 Å². The van der Waals surface area contributed by atoms with Crippen LogP contribution in [0.1, 0.15) is 62.9 Å². The number of aliphatic hydroxyl groups excluding tert-OH is 1. The zero-order valence-electron chi connectivity index (χ0n) is 20.0. The normalized spacial score (nSPS) is 10.7. The summed E-state index contributed by atoms with van der Waals surface area (Å²) in [7, 11) is 0. The molecule has 0 aliphatic carbocycles. The highest BCUT2D eigenvalue weighted by molar-refractivity contribution is 5.97. The van der Waals surface area contributed by atoms with Crippen LogP contribution in [0.5, 0.6) is 17.2 Å². The average molecular weight is 461 g/mol. The second kappa shape index (κ2) is 14.2. The molecule has 0 spiro atoms. The molecule has 0 aromatic heterocycles. The number of Topliss-reactive ketones (excluding diaryl/α,β-unsaturated/α-hetero) is 1. The Labute approximate surface area is 196 Å². The molecular weight excluding hydrogens is 424 g/mol. The Morgan fingerprint density at radius 1 is 1.00 bits per heavy atom. The van der Waals surface area contributed by atoms with E-state index in [1.807, 2.05) is 37.3 Å². The van der Waals surface area contributed by atoms with Gasteiger partial charge in [0.15, 0.2) is 5.78 Å². The van der Waals surface area contributed by atoms with Gasteiger partial charge in [-0.25, -0.2) is 0 Å². The number of aliphatic hydroxyl groups is 1. The molecule has 0 heterocycles. The largest absolute Gasteiger partial charge is 0.507 e. The maximum absolute atomic E-state index is 11.6. The first kappa shape index (κ1) is 28.0. The molecule has 7 heteroatoms. The first-order chi connectivity index (χ1) is 15.6. The lowest BCUT2D eigenvalue weighted by atomic mass is 9.91. The Kier molecular flexibility index (Phi) is 12.0. The van der Waals surface area contributed by atoms with E-state index in [4.69, 9.17) is 19.7 Å². The van der Waals surface area contributed by atoms with Gasteiger partial charge >= 0.3 is 5.97 Å². The number of para-hydroxylation sites is 1. The van der Waals surface area contributed by atoms with E-state index in [0.717, 1.165) is 18.6 Å². The SMILES string of the molecule is CC(C)(CO)CC(=O)O.CCCc1c(OCCCOc2ccccc2)ccc(C(C)=O)c1O. The molecule has 0 amide bonds. The van der Waals surface area contributed by atoms with Crippen LogP contribution in [0.4, 0.5) is 0 Å². The summed E-state index contributed by atoms with van der Waals surface area (Å²) in [6.07, 6.45) is 2.28. The number of ether oxygens (including phenoxy) is 2. The molecule has 0 aliphatic heterocycles. The summed E-state index contributed by atoms with van der Waals surface area (Å²) < 4.78 is 11.4. The van der Waals surface area contributed by atoms with E-state index in [-0.39, 0.29) is 24.6 Å². The van der Waals surface area contributed by atoms with E-state index in [0.29, 0.717) is 36.5 Å². The van der Waals surface area contributed by atoms with Crippen LogP contribution >= 0.6 is 0 Å². The highest BCUT2D eigenvalue weighted by Gasteiger charge is 2.20. The van der Waals surface area contributed by atoms with Gasteiger partial charge in [0.1, 0.15) is 17.2 Å². The lowest BCUT2D eigenvalue weighted by Gasteiger charge is -2.17. The molecule has 2 aromatic rings. The monoisotopic (exact) mass is 460 g/mol. The Balaban J connectivity index is 0.000000513. The molecule has 0 radical (unpaired) electrons. The van der Waals surface area contributed by atoms with Crippen LogP contribution in [-0.2, 0) is 11.2 Å². The third-order valence-corrected chi connectivity index (χ3v) is 4.74. The van der Waals surface area contributed by atoms with Gasteiger partial charge in [-0.2, -0.15) is 0 Å². The number of carboxylic acid groups (broad SMARTS) is 1. The number of benzene rings is 2. The van der Waals surface area contributed by atoms with Gasteiger partial charge in [0.05, 0.1) is 25.2 Å². The predicted molar refractivity (Wildman–Crippen MR) is 127 cm³/mol. The molecule has 7 nitrogen and oxygen atoms in total. The topological polar surface area (TPSA) is 113 Å². The summed E-state index contributed by atoms with van der Waals surface area (Å²) in [5, 5.41) is 27.1. The fraction of sp³-hybridized carbons (Fsp3) is 0.462. The number of hydrogen-bond donors (Lipinski definition) is 3. The molecule has 0 saturated heterocycles. The molecular formula is C26H36O7. The zero-order valence-corrected chi connectivity index (χ0v) is 20.0. The Hall–Kier alpha value is -3.06. The van der Waals surface area contributed by atoms with E-state index in [9.17, 15) is 14.7 Å². The summed E-state index contributed by atoms with van der Waals surface area (Å²) >= 11 is 0. The van der Waals surface area contributed by atoms with Crippen molar-refractivity contribution in [1.82, 2.24) is 0 Å². The van der Waals surface area contributed by atoms with E-state index in [2.05, 4.69) is 0 Å². The fourth-order valence-electron chi connectivity index (χ4n) is 2.94. The second-order valence-electron chi connectivity index (χ2n) is 8.50. The van der Waals surface area contributed by atoms with Crippen LogP contribution in [0, 0.1) is 5.41 Å². The molecule has 3 N–H and O–H groups in total. The van der Waals surface area contributed by atoms with Crippen LogP contribution in [0.3, 0.4) is 0 Å². The number of phenols is 1. The number of aromatic hydroxyl groups is 1. The van der Waals surface area contributed by atoms with E-state index in [1.165, 1.54) is 6.92 Å². The van der Waals surface area contributed by atoms with E-state index < -0.39 is 11.4 Å². The van der Waals surface area contributed by atoms with E-state index in [1.54, 1.807) is 26.0 Å².